The molecular formula is C20H15Cl2N3O. The van der Waals surface area contributed by atoms with Crippen LogP contribution in [0.1, 0.15) is 23.5 Å². The number of nitrogens with one attached hydrogen (secondary N) is 1. The van der Waals surface area contributed by atoms with Crippen LogP contribution in [-0.2, 0) is 4.79 Å². The lowest BCUT2D eigenvalue weighted by molar-refractivity contribution is -0.122. The van der Waals surface area contributed by atoms with Gasteiger partial charge in [0.05, 0.1) is 16.8 Å². The summed E-state index contributed by atoms with van der Waals surface area (Å²) in [6, 6.07) is 15.1. The van der Waals surface area contributed by atoms with Gasteiger partial charge in [0.25, 0.3) is 0 Å². The van der Waals surface area contributed by atoms with Gasteiger partial charge in [-0.3, -0.25) is 9.78 Å². The van der Waals surface area contributed by atoms with Gasteiger partial charge in [-0.25, -0.2) is 5.43 Å². The molecule has 0 saturated heterocycles. The van der Waals surface area contributed by atoms with Crippen molar-refractivity contribution in [1.82, 2.24) is 10.4 Å². The molecule has 1 amide bonds. The van der Waals surface area contributed by atoms with Crippen LogP contribution in [-0.4, -0.2) is 17.1 Å². The van der Waals surface area contributed by atoms with Crippen molar-refractivity contribution < 1.29 is 4.79 Å². The Labute approximate surface area is 160 Å². The molecule has 0 aliphatic heterocycles. The zero-order valence-corrected chi connectivity index (χ0v) is 15.2. The van der Waals surface area contributed by atoms with Crippen LogP contribution < -0.4 is 5.43 Å². The lowest BCUT2D eigenvalue weighted by atomic mass is 10.1. The first-order chi connectivity index (χ1) is 12.6. The molecule has 4 nitrogen and oxygen atoms in total. The largest absolute Gasteiger partial charge is 0.273 e. The average molecular weight is 384 g/mol. The number of carbonyl (C=O) groups is 1. The van der Waals surface area contributed by atoms with Crippen molar-refractivity contribution in [2.24, 2.45) is 11.0 Å². The molecule has 1 aliphatic carbocycles. The van der Waals surface area contributed by atoms with Crippen LogP contribution in [0.2, 0.25) is 10.0 Å². The zero-order valence-electron chi connectivity index (χ0n) is 13.7. The van der Waals surface area contributed by atoms with Crippen molar-refractivity contribution >= 4 is 46.2 Å². The van der Waals surface area contributed by atoms with Gasteiger partial charge in [-0.2, -0.15) is 5.10 Å². The van der Waals surface area contributed by atoms with Crippen LogP contribution in [0.4, 0.5) is 0 Å². The normalized spacial score (nSPS) is 19.0. The van der Waals surface area contributed by atoms with Gasteiger partial charge in [-0.05, 0) is 53.8 Å². The van der Waals surface area contributed by atoms with Gasteiger partial charge in [-0.15, -0.1) is 0 Å². The summed E-state index contributed by atoms with van der Waals surface area (Å²) in [5.74, 6) is 0.0693. The van der Waals surface area contributed by atoms with Gasteiger partial charge in [0.2, 0.25) is 5.91 Å². The van der Waals surface area contributed by atoms with Crippen molar-refractivity contribution in [2.75, 3.05) is 0 Å². The molecule has 4 rings (SSSR count). The average Bonchev–Trinajstić information content (AvgIpc) is 3.43. The molecule has 2 atom stereocenters. The Kier molecular flexibility index (Phi) is 4.62. The summed E-state index contributed by atoms with van der Waals surface area (Å²) in [6.45, 7) is 0. The van der Waals surface area contributed by atoms with E-state index in [1.165, 1.54) is 0 Å². The Bertz CT molecular complexity index is 1020. The molecule has 3 aromatic rings. The number of hydrogen-bond acceptors (Lipinski definition) is 3. The summed E-state index contributed by atoms with van der Waals surface area (Å²) in [6.07, 6.45) is 4.11. The molecular weight excluding hydrogens is 369 g/mol. The van der Waals surface area contributed by atoms with Gasteiger partial charge in [0.15, 0.2) is 0 Å². The summed E-state index contributed by atoms with van der Waals surface area (Å²) >= 11 is 12.3. The molecule has 1 heterocycles. The lowest BCUT2D eigenvalue weighted by Crippen LogP contribution is -2.20. The van der Waals surface area contributed by atoms with Gasteiger partial charge in [-0.1, -0.05) is 41.4 Å². The molecule has 26 heavy (non-hydrogen) atoms. The minimum atomic E-state index is -0.0835. The monoisotopic (exact) mass is 383 g/mol. The molecule has 1 aromatic heterocycles. The Morgan fingerprint density at radius 2 is 2.08 bits per heavy atom. The number of fused-ring (bicyclic) bond motifs is 1. The predicted molar refractivity (Wildman–Crippen MR) is 105 cm³/mol. The Balaban J connectivity index is 1.41. The van der Waals surface area contributed by atoms with Crippen molar-refractivity contribution in [2.45, 2.75) is 12.3 Å². The summed E-state index contributed by atoms with van der Waals surface area (Å²) in [5.41, 5.74) is 5.26. The number of pyridine rings is 1. The van der Waals surface area contributed by atoms with E-state index in [1.807, 2.05) is 42.5 Å². The van der Waals surface area contributed by atoms with E-state index in [4.69, 9.17) is 23.2 Å². The highest BCUT2D eigenvalue weighted by molar-refractivity contribution is 6.35. The van der Waals surface area contributed by atoms with Crippen molar-refractivity contribution in [1.29, 1.82) is 0 Å². The number of halogens is 2. The van der Waals surface area contributed by atoms with Crippen molar-refractivity contribution in [3.8, 4) is 0 Å². The first kappa shape index (κ1) is 17.0. The number of amides is 1. The fourth-order valence-corrected chi connectivity index (χ4v) is 3.57. The molecule has 1 saturated carbocycles. The lowest BCUT2D eigenvalue weighted by Gasteiger charge is -2.02. The maximum absolute atomic E-state index is 12.2. The first-order valence-corrected chi connectivity index (χ1v) is 9.00. The maximum atomic E-state index is 12.2. The van der Waals surface area contributed by atoms with E-state index in [2.05, 4.69) is 15.5 Å². The van der Waals surface area contributed by atoms with E-state index in [0.717, 1.165) is 28.5 Å². The minimum absolute atomic E-state index is 0.0602. The summed E-state index contributed by atoms with van der Waals surface area (Å²) in [7, 11) is 0. The van der Waals surface area contributed by atoms with E-state index < -0.39 is 0 Å². The van der Waals surface area contributed by atoms with Crippen LogP contribution in [0.3, 0.4) is 0 Å². The van der Waals surface area contributed by atoms with Crippen LogP contribution in [0.15, 0.2) is 59.8 Å². The van der Waals surface area contributed by atoms with E-state index in [0.29, 0.717) is 10.0 Å². The van der Waals surface area contributed by atoms with Crippen LogP contribution >= 0.6 is 23.2 Å². The molecule has 1 aliphatic rings. The first-order valence-electron chi connectivity index (χ1n) is 8.24. The van der Waals surface area contributed by atoms with E-state index in [-0.39, 0.29) is 17.7 Å². The van der Waals surface area contributed by atoms with Gasteiger partial charge in [0.1, 0.15) is 0 Å². The quantitative estimate of drug-likeness (QED) is 0.519. The molecule has 130 valence electrons. The molecule has 0 spiro atoms. The fraction of sp³-hybridized carbons (Fsp3) is 0.150. The Morgan fingerprint density at radius 3 is 2.92 bits per heavy atom. The van der Waals surface area contributed by atoms with Gasteiger partial charge < -0.3 is 0 Å². The molecule has 1 N–H and O–H groups in total. The number of nitrogens with zero attached hydrogens (tertiary/aromatic N) is 2. The molecule has 2 unspecified atom stereocenters. The third-order valence-electron chi connectivity index (χ3n) is 4.47. The highest BCUT2D eigenvalue weighted by Crippen LogP contribution is 2.47. The van der Waals surface area contributed by atoms with Gasteiger partial charge >= 0.3 is 0 Å². The third kappa shape index (κ3) is 3.57. The summed E-state index contributed by atoms with van der Waals surface area (Å²) in [5, 5.41) is 6.24. The topological polar surface area (TPSA) is 54.4 Å². The van der Waals surface area contributed by atoms with Crippen LogP contribution in [0, 0.1) is 5.92 Å². The predicted octanol–water partition coefficient (Wildman–Crippen LogP) is 4.80. The SMILES string of the molecule is O=C(N/N=C\c1cc(Cl)c2ncccc2c1)C1CC1c1cccc(Cl)c1. The smallest absolute Gasteiger partial charge is 0.243 e. The maximum Gasteiger partial charge on any atom is 0.243 e. The number of carbonyl (C=O) groups excluding carboxylic acids is 1. The standard InChI is InChI=1S/C20H15Cl2N3O/c21-15-5-1-3-13(9-15)16-10-17(16)20(26)25-24-11-12-7-14-4-2-6-23-19(14)18(22)8-12/h1-9,11,16-17H,10H2,(H,25,26)/b24-11-. The molecule has 1 fully saturated rings. The molecule has 6 heteroatoms. The zero-order chi connectivity index (χ0) is 18.1. The Hall–Kier alpha value is -2.43. The number of benzene rings is 2. The highest BCUT2D eigenvalue weighted by Gasteiger charge is 2.43. The van der Waals surface area contributed by atoms with E-state index >= 15 is 0 Å². The number of hydrogen-bond donors (Lipinski definition) is 1. The number of aromatic nitrogens is 1. The van der Waals surface area contributed by atoms with Crippen LogP contribution in [0.5, 0.6) is 0 Å². The third-order valence-corrected chi connectivity index (χ3v) is 5.00. The second-order valence-electron chi connectivity index (χ2n) is 6.32. The van der Waals surface area contributed by atoms with Crippen molar-refractivity contribution in [3.63, 3.8) is 0 Å². The van der Waals surface area contributed by atoms with Crippen LogP contribution in [0.25, 0.3) is 10.9 Å². The second kappa shape index (κ2) is 7.06. The van der Waals surface area contributed by atoms with Gasteiger partial charge in [0, 0.05) is 22.5 Å². The molecule has 2 aromatic carbocycles. The summed E-state index contributed by atoms with van der Waals surface area (Å²) in [4.78, 5) is 16.5. The van der Waals surface area contributed by atoms with E-state index in [9.17, 15) is 4.79 Å². The summed E-state index contributed by atoms with van der Waals surface area (Å²) < 4.78 is 0. The Morgan fingerprint density at radius 1 is 1.19 bits per heavy atom. The second-order valence-corrected chi connectivity index (χ2v) is 7.16. The van der Waals surface area contributed by atoms with E-state index in [1.54, 1.807) is 18.5 Å². The number of rotatable bonds is 4. The minimum Gasteiger partial charge on any atom is -0.273 e. The van der Waals surface area contributed by atoms with Crippen molar-refractivity contribution in [3.05, 3.63) is 75.9 Å². The highest BCUT2D eigenvalue weighted by atomic mass is 35.5. The molecule has 0 bridgehead atoms. The number of hydrazone groups is 1. The molecule has 0 radical (unpaired) electrons. The fourth-order valence-electron chi connectivity index (χ4n) is 3.09.